The van der Waals surface area contributed by atoms with E-state index in [1.807, 2.05) is 25.1 Å². The topological polar surface area (TPSA) is 23.5 Å². The van der Waals surface area contributed by atoms with Gasteiger partial charge in [0.1, 0.15) is 0 Å². The fourth-order valence-corrected chi connectivity index (χ4v) is 2.00. The third-order valence-electron chi connectivity index (χ3n) is 2.78. The van der Waals surface area contributed by atoms with E-state index in [1.54, 1.807) is 0 Å². The van der Waals surface area contributed by atoms with Gasteiger partial charge in [-0.2, -0.15) is 0 Å². The second-order valence-electron chi connectivity index (χ2n) is 4.52. The zero-order valence-corrected chi connectivity index (χ0v) is 10.8. The third kappa shape index (κ3) is 2.99. The van der Waals surface area contributed by atoms with E-state index in [0.29, 0.717) is 6.04 Å². The van der Waals surface area contributed by atoms with E-state index in [2.05, 4.69) is 31.7 Å². The molecule has 1 N–H and O–H groups in total. The number of benzene rings is 1. The molecule has 0 saturated heterocycles. The molecule has 0 aliphatic heterocycles. The highest BCUT2D eigenvalue weighted by Gasteiger charge is 2.15. The molecule has 90 valence electrons. The summed E-state index contributed by atoms with van der Waals surface area (Å²) in [6.07, 6.45) is 0.709. The molecule has 0 bridgehead atoms. The van der Waals surface area contributed by atoms with Crippen molar-refractivity contribution < 1.29 is 5.11 Å². The molecule has 2 nitrogen and oxygen atoms in total. The summed E-state index contributed by atoms with van der Waals surface area (Å²) in [5.41, 5.74) is 2.18. The van der Waals surface area contributed by atoms with Crippen LogP contribution in [0.5, 0.6) is 0 Å². The normalized spacial score (nSPS) is 12.9. The van der Waals surface area contributed by atoms with Crippen molar-refractivity contribution in [2.24, 2.45) is 0 Å². The summed E-state index contributed by atoms with van der Waals surface area (Å²) in [7, 11) is 0. The van der Waals surface area contributed by atoms with E-state index in [0.717, 1.165) is 24.2 Å². The van der Waals surface area contributed by atoms with Crippen LogP contribution in [0.2, 0.25) is 0 Å². The largest absolute Gasteiger partial charge is 0.389 e. The summed E-state index contributed by atoms with van der Waals surface area (Å²) in [5, 5.41) is 9.78. The molecular weight excluding hydrogens is 198 g/mol. The van der Waals surface area contributed by atoms with Crippen LogP contribution < -0.4 is 4.90 Å². The van der Waals surface area contributed by atoms with Gasteiger partial charge in [0.2, 0.25) is 0 Å². The lowest BCUT2D eigenvalue weighted by Crippen LogP contribution is -2.32. The Hall–Kier alpha value is -1.02. The van der Waals surface area contributed by atoms with Crippen LogP contribution >= 0.6 is 0 Å². The quantitative estimate of drug-likeness (QED) is 0.824. The Balaban J connectivity index is 3.07. The van der Waals surface area contributed by atoms with Crippen molar-refractivity contribution in [3.8, 4) is 0 Å². The lowest BCUT2D eigenvalue weighted by atomic mass is 10.1. The van der Waals surface area contributed by atoms with E-state index in [-0.39, 0.29) is 0 Å². The Morgan fingerprint density at radius 1 is 1.19 bits per heavy atom. The zero-order valence-electron chi connectivity index (χ0n) is 10.8. The first kappa shape index (κ1) is 13.0. The maximum atomic E-state index is 9.78. The highest BCUT2D eigenvalue weighted by Crippen LogP contribution is 2.27. The maximum absolute atomic E-state index is 9.78. The molecule has 1 unspecified atom stereocenters. The Labute approximate surface area is 98.9 Å². The fraction of sp³-hybridized carbons (Fsp3) is 0.571. The van der Waals surface area contributed by atoms with Gasteiger partial charge in [0.05, 0.1) is 6.10 Å². The number of rotatable bonds is 5. The van der Waals surface area contributed by atoms with Gasteiger partial charge >= 0.3 is 0 Å². The first-order chi connectivity index (χ1) is 7.57. The molecule has 1 aromatic rings. The highest BCUT2D eigenvalue weighted by atomic mass is 16.3. The van der Waals surface area contributed by atoms with Crippen molar-refractivity contribution in [2.45, 2.75) is 46.3 Å². The molecule has 1 rings (SSSR count). The van der Waals surface area contributed by atoms with Crippen LogP contribution in [-0.2, 0) is 0 Å². The number of nitrogens with zero attached hydrogens (tertiary/aromatic N) is 1. The Kier molecular flexibility index (Phi) is 4.81. The van der Waals surface area contributed by atoms with Gasteiger partial charge in [-0.15, -0.1) is 0 Å². The van der Waals surface area contributed by atoms with E-state index >= 15 is 0 Å². The zero-order chi connectivity index (χ0) is 12.1. The van der Waals surface area contributed by atoms with Gasteiger partial charge in [-0.1, -0.05) is 25.1 Å². The second kappa shape index (κ2) is 5.90. The van der Waals surface area contributed by atoms with E-state index in [4.69, 9.17) is 0 Å². The summed E-state index contributed by atoms with van der Waals surface area (Å²) in [5.74, 6) is 0. The summed E-state index contributed by atoms with van der Waals surface area (Å²) in [6.45, 7) is 9.41. The van der Waals surface area contributed by atoms with E-state index in [1.165, 1.54) is 0 Å². The minimum Gasteiger partial charge on any atom is -0.389 e. The van der Waals surface area contributed by atoms with Crippen molar-refractivity contribution in [3.05, 3.63) is 29.8 Å². The van der Waals surface area contributed by atoms with Crippen LogP contribution in [0, 0.1) is 0 Å². The van der Waals surface area contributed by atoms with Gasteiger partial charge in [0.15, 0.2) is 0 Å². The van der Waals surface area contributed by atoms with Gasteiger partial charge in [-0.05, 0) is 33.3 Å². The molecule has 1 atom stereocenters. The monoisotopic (exact) mass is 221 g/mol. The molecule has 0 saturated carbocycles. The molecule has 1 aromatic carbocycles. The number of anilines is 1. The van der Waals surface area contributed by atoms with Crippen LogP contribution in [0.4, 0.5) is 5.69 Å². The number of aliphatic hydroxyl groups is 1. The number of hydrogen-bond acceptors (Lipinski definition) is 2. The lowest BCUT2D eigenvalue weighted by molar-refractivity contribution is 0.199. The van der Waals surface area contributed by atoms with Crippen LogP contribution in [-0.4, -0.2) is 17.7 Å². The summed E-state index contributed by atoms with van der Waals surface area (Å²) in [4.78, 5) is 2.35. The summed E-state index contributed by atoms with van der Waals surface area (Å²) < 4.78 is 0. The van der Waals surface area contributed by atoms with Crippen LogP contribution in [0.25, 0.3) is 0 Å². The second-order valence-corrected chi connectivity index (χ2v) is 4.52. The highest BCUT2D eigenvalue weighted by molar-refractivity contribution is 5.55. The average Bonchev–Trinajstić information content (AvgIpc) is 2.25. The van der Waals surface area contributed by atoms with Gasteiger partial charge in [-0.3, -0.25) is 0 Å². The van der Waals surface area contributed by atoms with Crippen molar-refractivity contribution in [2.75, 3.05) is 11.4 Å². The molecule has 2 heteroatoms. The van der Waals surface area contributed by atoms with Crippen LogP contribution in [0.1, 0.15) is 45.8 Å². The molecule has 0 aliphatic carbocycles. The first-order valence-corrected chi connectivity index (χ1v) is 6.11. The van der Waals surface area contributed by atoms with Crippen molar-refractivity contribution in [1.29, 1.82) is 0 Å². The van der Waals surface area contributed by atoms with Gasteiger partial charge < -0.3 is 10.0 Å². The van der Waals surface area contributed by atoms with Crippen molar-refractivity contribution in [3.63, 3.8) is 0 Å². The predicted molar refractivity (Wildman–Crippen MR) is 69.8 cm³/mol. The molecule has 0 amide bonds. The van der Waals surface area contributed by atoms with Crippen molar-refractivity contribution >= 4 is 5.69 Å². The Morgan fingerprint density at radius 3 is 2.31 bits per heavy atom. The molecule has 16 heavy (non-hydrogen) atoms. The predicted octanol–water partition coefficient (Wildman–Crippen LogP) is 3.36. The molecule has 0 fully saturated rings. The van der Waals surface area contributed by atoms with Crippen LogP contribution in [0.3, 0.4) is 0 Å². The molecule has 0 aromatic heterocycles. The molecule has 0 heterocycles. The van der Waals surface area contributed by atoms with Gasteiger partial charge in [0, 0.05) is 23.8 Å². The minimum atomic E-state index is -0.408. The molecule has 0 aliphatic rings. The lowest BCUT2D eigenvalue weighted by Gasteiger charge is -2.31. The standard InChI is InChI=1S/C14H23NO/c1-5-10-15(11(2)3)14-9-7-6-8-13(14)12(4)16/h6-9,11-12,16H,5,10H2,1-4H3. The van der Waals surface area contributed by atoms with E-state index < -0.39 is 6.10 Å². The summed E-state index contributed by atoms with van der Waals surface area (Å²) >= 11 is 0. The Morgan fingerprint density at radius 2 is 1.81 bits per heavy atom. The van der Waals surface area contributed by atoms with Gasteiger partial charge in [-0.25, -0.2) is 0 Å². The smallest absolute Gasteiger partial charge is 0.0781 e. The Bertz CT molecular complexity index is 320. The number of hydrogen-bond donors (Lipinski definition) is 1. The van der Waals surface area contributed by atoms with Crippen LogP contribution in [0.15, 0.2) is 24.3 Å². The molecule has 0 radical (unpaired) electrons. The number of para-hydroxylation sites is 1. The van der Waals surface area contributed by atoms with E-state index in [9.17, 15) is 5.11 Å². The van der Waals surface area contributed by atoms with Crippen molar-refractivity contribution in [1.82, 2.24) is 0 Å². The SMILES string of the molecule is CCCN(c1ccccc1C(C)O)C(C)C. The first-order valence-electron chi connectivity index (χ1n) is 6.11. The third-order valence-corrected chi connectivity index (χ3v) is 2.78. The molecular formula is C14H23NO. The van der Waals surface area contributed by atoms with Gasteiger partial charge in [0.25, 0.3) is 0 Å². The molecule has 0 spiro atoms. The number of aliphatic hydroxyl groups excluding tert-OH is 1. The summed E-state index contributed by atoms with van der Waals surface area (Å²) in [6, 6.07) is 8.57. The fourth-order valence-electron chi connectivity index (χ4n) is 2.00. The minimum absolute atomic E-state index is 0.408. The average molecular weight is 221 g/mol. The maximum Gasteiger partial charge on any atom is 0.0781 e.